The van der Waals surface area contributed by atoms with Crippen molar-refractivity contribution in [1.82, 2.24) is 24.1 Å². The van der Waals surface area contributed by atoms with Gasteiger partial charge in [-0.1, -0.05) is 0 Å². The Kier molecular flexibility index (Phi) is 7.26. The second kappa shape index (κ2) is 10.1. The number of carbonyl (C=O) groups excluding carboxylic acids is 1. The lowest BCUT2D eigenvalue weighted by Gasteiger charge is -2.36. The van der Waals surface area contributed by atoms with E-state index in [1.807, 2.05) is 0 Å². The number of hydrogen-bond donors (Lipinski definition) is 1. The minimum atomic E-state index is -4.51. The lowest BCUT2D eigenvalue weighted by atomic mass is 9.77. The number of nitriles is 1. The molecule has 1 fully saturated rings. The number of carbonyl (C=O) groups is 1. The number of sulfonamides is 1. The van der Waals surface area contributed by atoms with Gasteiger partial charge in [0, 0.05) is 19.3 Å². The van der Waals surface area contributed by atoms with Crippen LogP contribution >= 0.6 is 0 Å². The summed E-state index contributed by atoms with van der Waals surface area (Å²) in [4.78, 5) is 21.0. The summed E-state index contributed by atoms with van der Waals surface area (Å²) in [5.74, 6) is -0.387. The Morgan fingerprint density at radius 1 is 1.13 bits per heavy atom. The van der Waals surface area contributed by atoms with Crippen molar-refractivity contribution in [2.75, 3.05) is 24.2 Å². The molecule has 1 N–H and O–H groups in total. The summed E-state index contributed by atoms with van der Waals surface area (Å²) in [7, 11) is -3.34. The van der Waals surface area contributed by atoms with Crippen LogP contribution in [0.4, 0.5) is 18.9 Å². The van der Waals surface area contributed by atoms with Gasteiger partial charge in [0.05, 0.1) is 52.4 Å². The van der Waals surface area contributed by atoms with Crippen molar-refractivity contribution in [3.05, 3.63) is 65.4 Å². The van der Waals surface area contributed by atoms with Gasteiger partial charge in [-0.2, -0.15) is 23.5 Å². The van der Waals surface area contributed by atoms with Crippen LogP contribution in [0.25, 0.3) is 5.82 Å². The first-order chi connectivity index (χ1) is 17.9. The molecule has 14 heteroatoms. The molecule has 4 rings (SSSR count). The standard InChI is InChI=1S/C24H24F3N7O3S/c1-3-38(36,37)33-10-8-23(15-28,9-11-33)20-6-5-18(13-29-20)32-22(35)19-14-31-34(16(19)2)21-7-4-17(12-30-21)24(25,26)27/h4-7,12-14H,3,8-11H2,1-2H3,(H,32,35). The number of halogens is 3. The van der Waals surface area contributed by atoms with Gasteiger partial charge in [-0.3, -0.25) is 9.78 Å². The van der Waals surface area contributed by atoms with Crippen molar-refractivity contribution in [3.63, 3.8) is 0 Å². The number of nitrogens with one attached hydrogen (secondary N) is 1. The molecule has 0 saturated carbocycles. The fourth-order valence-electron chi connectivity index (χ4n) is 4.25. The highest BCUT2D eigenvalue weighted by molar-refractivity contribution is 7.89. The maximum Gasteiger partial charge on any atom is 0.417 e. The summed E-state index contributed by atoms with van der Waals surface area (Å²) in [6.07, 6.45) is -0.508. The largest absolute Gasteiger partial charge is 0.417 e. The van der Waals surface area contributed by atoms with E-state index in [-0.39, 0.29) is 30.2 Å². The summed E-state index contributed by atoms with van der Waals surface area (Å²) >= 11 is 0. The SMILES string of the molecule is CCS(=O)(=O)N1CCC(C#N)(c2ccc(NC(=O)c3cnn(-c4ccc(C(F)(F)F)cn4)c3C)cn2)CC1. The molecule has 0 aliphatic carbocycles. The molecule has 200 valence electrons. The highest BCUT2D eigenvalue weighted by Gasteiger charge is 2.40. The average Bonchev–Trinajstić information content (AvgIpc) is 3.30. The number of pyridine rings is 2. The van der Waals surface area contributed by atoms with E-state index in [2.05, 4.69) is 26.5 Å². The predicted octanol–water partition coefficient (Wildman–Crippen LogP) is 3.45. The summed E-state index contributed by atoms with van der Waals surface area (Å²) < 4.78 is 65.4. The van der Waals surface area contributed by atoms with E-state index in [0.29, 0.717) is 36.1 Å². The summed E-state index contributed by atoms with van der Waals surface area (Å²) in [5.41, 5.74) is -0.420. The molecule has 1 aliphatic rings. The fourth-order valence-corrected chi connectivity index (χ4v) is 5.35. The quantitative estimate of drug-likeness (QED) is 0.500. The Morgan fingerprint density at radius 2 is 1.84 bits per heavy atom. The number of rotatable bonds is 6. The Morgan fingerprint density at radius 3 is 2.37 bits per heavy atom. The molecule has 10 nitrogen and oxygen atoms in total. The Balaban J connectivity index is 1.46. The molecule has 0 atom stereocenters. The molecule has 1 amide bonds. The molecule has 0 bridgehead atoms. The second-order valence-electron chi connectivity index (χ2n) is 8.84. The van der Waals surface area contributed by atoms with Gasteiger partial charge in [0.25, 0.3) is 5.91 Å². The molecule has 0 radical (unpaired) electrons. The molecular formula is C24H24F3N7O3S. The van der Waals surface area contributed by atoms with Crippen molar-refractivity contribution in [2.45, 2.75) is 38.3 Å². The van der Waals surface area contributed by atoms with E-state index in [0.717, 1.165) is 6.07 Å². The second-order valence-corrected chi connectivity index (χ2v) is 11.1. The van der Waals surface area contributed by atoms with Crippen LogP contribution in [0.15, 0.2) is 42.9 Å². The highest BCUT2D eigenvalue weighted by atomic mass is 32.2. The summed E-state index contributed by atoms with van der Waals surface area (Å²) in [5, 5.41) is 16.7. The van der Waals surface area contributed by atoms with Crippen molar-refractivity contribution in [2.24, 2.45) is 0 Å². The number of anilines is 1. The van der Waals surface area contributed by atoms with E-state index >= 15 is 0 Å². The Labute approximate surface area is 217 Å². The first-order valence-corrected chi connectivity index (χ1v) is 13.3. The Hall–Kier alpha value is -3.83. The average molecular weight is 548 g/mol. The van der Waals surface area contributed by atoms with E-state index in [9.17, 15) is 31.6 Å². The van der Waals surface area contributed by atoms with Crippen molar-refractivity contribution in [3.8, 4) is 11.9 Å². The van der Waals surface area contributed by atoms with Gasteiger partial charge >= 0.3 is 6.18 Å². The fraction of sp³-hybridized carbons (Fsp3) is 0.375. The number of piperidine rings is 1. The zero-order chi connectivity index (χ0) is 27.7. The van der Waals surface area contributed by atoms with Crippen molar-refractivity contribution >= 4 is 21.6 Å². The number of nitrogens with zero attached hydrogens (tertiary/aromatic N) is 6. The lowest BCUT2D eigenvalue weighted by Crippen LogP contribution is -2.45. The van der Waals surface area contributed by atoms with E-state index < -0.39 is 33.1 Å². The minimum Gasteiger partial charge on any atom is -0.320 e. The van der Waals surface area contributed by atoms with Gasteiger partial charge in [-0.05, 0) is 51.0 Å². The molecule has 38 heavy (non-hydrogen) atoms. The third-order valence-electron chi connectivity index (χ3n) is 6.61. The molecule has 0 spiro atoms. The first-order valence-electron chi connectivity index (χ1n) is 11.7. The number of alkyl halides is 3. The van der Waals surface area contributed by atoms with Gasteiger partial charge in [-0.15, -0.1) is 0 Å². The zero-order valence-corrected chi connectivity index (χ0v) is 21.3. The maximum atomic E-state index is 12.9. The van der Waals surface area contributed by atoms with Crippen LogP contribution in [-0.2, 0) is 21.6 Å². The van der Waals surface area contributed by atoms with Crippen LogP contribution in [0.3, 0.4) is 0 Å². The molecule has 3 aromatic heterocycles. The third kappa shape index (κ3) is 5.25. The van der Waals surface area contributed by atoms with E-state index in [1.165, 1.54) is 27.4 Å². The monoisotopic (exact) mass is 547 g/mol. The Bertz CT molecular complexity index is 1470. The van der Waals surface area contributed by atoms with E-state index in [1.54, 1.807) is 26.0 Å². The smallest absolute Gasteiger partial charge is 0.320 e. The summed E-state index contributed by atoms with van der Waals surface area (Å²) in [6.45, 7) is 3.61. The zero-order valence-electron chi connectivity index (χ0n) is 20.5. The lowest BCUT2D eigenvalue weighted by molar-refractivity contribution is -0.137. The van der Waals surface area contributed by atoms with Crippen molar-refractivity contribution in [1.29, 1.82) is 5.26 Å². The third-order valence-corrected chi connectivity index (χ3v) is 8.49. The highest BCUT2D eigenvalue weighted by Crippen LogP contribution is 2.35. The van der Waals surface area contributed by atoms with Crippen LogP contribution in [0, 0.1) is 18.3 Å². The summed E-state index contributed by atoms with van der Waals surface area (Å²) in [6, 6.07) is 7.58. The molecular weight excluding hydrogens is 523 g/mol. The van der Waals surface area contributed by atoms with Gasteiger partial charge in [0.15, 0.2) is 5.82 Å². The normalized spacial score (nSPS) is 16.1. The van der Waals surface area contributed by atoms with Gasteiger partial charge < -0.3 is 5.32 Å². The van der Waals surface area contributed by atoms with Crippen LogP contribution in [0.5, 0.6) is 0 Å². The van der Waals surface area contributed by atoms with Crippen molar-refractivity contribution < 1.29 is 26.4 Å². The van der Waals surface area contributed by atoms with Crippen LogP contribution in [0.1, 0.15) is 47.1 Å². The van der Waals surface area contributed by atoms with Gasteiger partial charge in [0.2, 0.25) is 10.0 Å². The molecule has 4 heterocycles. The molecule has 3 aromatic rings. The first kappa shape index (κ1) is 27.2. The number of amides is 1. The molecule has 1 saturated heterocycles. The molecule has 0 aromatic carbocycles. The minimum absolute atomic E-state index is 0.00156. The molecule has 0 unspecified atom stereocenters. The van der Waals surface area contributed by atoms with Crippen LogP contribution in [-0.4, -0.2) is 57.2 Å². The topological polar surface area (TPSA) is 134 Å². The molecule has 1 aliphatic heterocycles. The van der Waals surface area contributed by atoms with Crippen LogP contribution in [0.2, 0.25) is 0 Å². The maximum absolute atomic E-state index is 12.9. The van der Waals surface area contributed by atoms with E-state index in [4.69, 9.17) is 0 Å². The number of hydrogen-bond acceptors (Lipinski definition) is 7. The number of aromatic nitrogens is 4. The predicted molar refractivity (Wildman–Crippen MR) is 131 cm³/mol. The van der Waals surface area contributed by atoms with Gasteiger partial charge in [0.1, 0.15) is 5.41 Å². The van der Waals surface area contributed by atoms with Gasteiger partial charge in [-0.25, -0.2) is 22.4 Å². The van der Waals surface area contributed by atoms with Crippen LogP contribution < -0.4 is 5.32 Å².